The van der Waals surface area contributed by atoms with Crippen molar-refractivity contribution in [3.05, 3.63) is 65.5 Å². The van der Waals surface area contributed by atoms with Crippen molar-refractivity contribution in [1.82, 2.24) is 20.4 Å². The predicted molar refractivity (Wildman–Crippen MR) is 126 cm³/mol. The minimum atomic E-state index is -0.200. The Labute approximate surface area is 193 Å². The lowest BCUT2D eigenvalue weighted by Gasteiger charge is -2.17. The van der Waals surface area contributed by atoms with Crippen LogP contribution in [-0.2, 0) is 6.42 Å². The Kier molecular flexibility index (Phi) is 7.02. The van der Waals surface area contributed by atoms with Crippen molar-refractivity contribution in [2.24, 2.45) is 0 Å². The Bertz CT molecular complexity index is 1090. The van der Waals surface area contributed by atoms with E-state index < -0.39 is 0 Å². The SMILES string of the molecule is Cc1ccc(NC(=O)N(C)CCc2noc(-c3ccc(C(=O)NC4CCCC4)cc3)n2)cc1. The maximum Gasteiger partial charge on any atom is 0.321 e. The van der Waals surface area contributed by atoms with Gasteiger partial charge in [0.1, 0.15) is 0 Å². The summed E-state index contributed by atoms with van der Waals surface area (Å²) in [5.74, 6) is 0.856. The van der Waals surface area contributed by atoms with Crippen LogP contribution in [0.1, 0.15) is 47.4 Å². The molecule has 4 rings (SSSR count). The third-order valence-electron chi connectivity index (χ3n) is 5.87. The highest BCUT2D eigenvalue weighted by Crippen LogP contribution is 2.20. The molecule has 3 amide bonds. The van der Waals surface area contributed by atoms with Crippen LogP contribution in [0, 0.1) is 6.92 Å². The van der Waals surface area contributed by atoms with E-state index in [1.165, 1.54) is 12.8 Å². The van der Waals surface area contributed by atoms with Crippen LogP contribution in [0.15, 0.2) is 53.1 Å². The Morgan fingerprint density at radius 1 is 1.06 bits per heavy atom. The second-order valence-electron chi connectivity index (χ2n) is 8.52. The molecule has 172 valence electrons. The Balaban J connectivity index is 1.28. The van der Waals surface area contributed by atoms with Crippen molar-refractivity contribution in [1.29, 1.82) is 0 Å². The van der Waals surface area contributed by atoms with Gasteiger partial charge in [-0.15, -0.1) is 0 Å². The summed E-state index contributed by atoms with van der Waals surface area (Å²) in [6.45, 7) is 2.44. The van der Waals surface area contributed by atoms with E-state index in [0.717, 1.165) is 29.7 Å². The van der Waals surface area contributed by atoms with Crippen LogP contribution in [0.4, 0.5) is 10.5 Å². The first kappa shape index (κ1) is 22.5. The number of anilines is 1. The number of urea groups is 1. The second-order valence-corrected chi connectivity index (χ2v) is 8.52. The van der Waals surface area contributed by atoms with Crippen LogP contribution < -0.4 is 10.6 Å². The maximum absolute atomic E-state index is 12.4. The smallest absolute Gasteiger partial charge is 0.321 e. The fourth-order valence-corrected chi connectivity index (χ4v) is 3.80. The fraction of sp³-hybridized carbons (Fsp3) is 0.360. The lowest BCUT2D eigenvalue weighted by Crippen LogP contribution is -2.33. The molecule has 1 aliphatic rings. The first-order chi connectivity index (χ1) is 16.0. The topological polar surface area (TPSA) is 100 Å². The van der Waals surface area contributed by atoms with Gasteiger partial charge in [-0.2, -0.15) is 4.98 Å². The molecule has 8 nitrogen and oxygen atoms in total. The summed E-state index contributed by atoms with van der Waals surface area (Å²) in [6, 6.07) is 14.9. The zero-order valence-corrected chi connectivity index (χ0v) is 19.0. The third-order valence-corrected chi connectivity index (χ3v) is 5.87. The van der Waals surface area contributed by atoms with Gasteiger partial charge >= 0.3 is 6.03 Å². The van der Waals surface area contributed by atoms with Gasteiger partial charge in [-0.1, -0.05) is 35.7 Å². The number of benzene rings is 2. The van der Waals surface area contributed by atoms with Gasteiger partial charge in [0.15, 0.2) is 5.82 Å². The molecule has 0 spiro atoms. The van der Waals surface area contributed by atoms with Crippen molar-refractivity contribution < 1.29 is 14.1 Å². The van der Waals surface area contributed by atoms with Gasteiger partial charge in [-0.3, -0.25) is 4.79 Å². The second kappa shape index (κ2) is 10.3. The number of aromatic nitrogens is 2. The molecule has 0 radical (unpaired) electrons. The number of aryl methyl sites for hydroxylation is 1. The molecule has 1 aliphatic carbocycles. The minimum Gasteiger partial charge on any atom is -0.349 e. The Morgan fingerprint density at radius 2 is 1.76 bits per heavy atom. The van der Waals surface area contributed by atoms with Crippen molar-refractivity contribution >= 4 is 17.6 Å². The summed E-state index contributed by atoms with van der Waals surface area (Å²) in [7, 11) is 1.72. The molecule has 0 bridgehead atoms. The molecule has 0 atom stereocenters. The summed E-state index contributed by atoms with van der Waals surface area (Å²) in [5.41, 5.74) is 3.25. The van der Waals surface area contributed by atoms with Crippen molar-refractivity contribution in [2.45, 2.75) is 45.1 Å². The number of carbonyl (C=O) groups excluding carboxylic acids is 2. The zero-order chi connectivity index (χ0) is 23.2. The minimum absolute atomic E-state index is 0.0494. The average molecular weight is 448 g/mol. The average Bonchev–Trinajstić information content (AvgIpc) is 3.51. The number of nitrogens with zero attached hydrogens (tertiary/aromatic N) is 3. The van der Waals surface area contributed by atoms with Crippen molar-refractivity contribution in [3.8, 4) is 11.5 Å². The number of hydrogen-bond donors (Lipinski definition) is 2. The van der Waals surface area contributed by atoms with Gasteiger partial charge in [0.05, 0.1) is 0 Å². The first-order valence-corrected chi connectivity index (χ1v) is 11.3. The van der Waals surface area contributed by atoms with E-state index in [9.17, 15) is 9.59 Å². The lowest BCUT2D eigenvalue weighted by molar-refractivity contribution is 0.0938. The Morgan fingerprint density at radius 3 is 2.45 bits per heavy atom. The number of carbonyl (C=O) groups is 2. The molecule has 0 unspecified atom stereocenters. The van der Waals surface area contributed by atoms with E-state index in [1.54, 1.807) is 24.1 Å². The third kappa shape index (κ3) is 5.97. The molecule has 3 aromatic rings. The fourth-order valence-electron chi connectivity index (χ4n) is 3.80. The highest BCUT2D eigenvalue weighted by atomic mass is 16.5. The monoisotopic (exact) mass is 447 g/mol. The van der Waals surface area contributed by atoms with Gasteiger partial charge in [0.2, 0.25) is 0 Å². The van der Waals surface area contributed by atoms with Crippen LogP contribution in [0.3, 0.4) is 0 Å². The van der Waals surface area contributed by atoms with Crippen LogP contribution in [0.25, 0.3) is 11.5 Å². The van der Waals surface area contributed by atoms with E-state index in [2.05, 4.69) is 20.8 Å². The van der Waals surface area contributed by atoms with Gasteiger partial charge in [-0.05, 0) is 56.2 Å². The molecule has 0 aliphatic heterocycles. The summed E-state index contributed by atoms with van der Waals surface area (Å²) in [4.78, 5) is 30.7. The molecule has 0 saturated heterocycles. The number of rotatable bonds is 7. The van der Waals surface area contributed by atoms with Crippen molar-refractivity contribution in [2.75, 3.05) is 18.9 Å². The summed E-state index contributed by atoms with van der Waals surface area (Å²) in [5, 5.41) is 9.97. The van der Waals surface area contributed by atoms with Crippen LogP contribution in [0.5, 0.6) is 0 Å². The number of likely N-dealkylation sites (N-methyl/N-ethyl adjacent to an activating group) is 1. The molecular formula is C25H29N5O3. The summed E-state index contributed by atoms with van der Waals surface area (Å²) >= 11 is 0. The molecule has 1 fully saturated rings. The Hall–Kier alpha value is -3.68. The van der Waals surface area contributed by atoms with E-state index in [-0.39, 0.29) is 18.0 Å². The first-order valence-electron chi connectivity index (χ1n) is 11.3. The van der Waals surface area contributed by atoms with Gasteiger partial charge in [0.25, 0.3) is 11.8 Å². The number of amides is 3. The summed E-state index contributed by atoms with van der Waals surface area (Å²) < 4.78 is 5.38. The molecular weight excluding hydrogens is 418 g/mol. The highest BCUT2D eigenvalue weighted by Gasteiger charge is 2.18. The molecule has 2 aromatic carbocycles. The predicted octanol–water partition coefficient (Wildman–Crippen LogP) is 4.42. The quantitative estimate of drug-likeness (QED) is 0.558. The summed E-state index contributed by atoms with van der Waals surface area (Å²) in [6.07, 6.45) is 4.92. The number of nitrogens with one attached hydrogen (secondary N) is 2. The van der Waals surface area contributed by atoms with Gasteiger partial charge < -0.3 is 20.1 Å². The molecule has 1 heterocycles. The zero-order valence-electron chi connectivity index (χ0n) is 19.0. The molecule has 1 saturated carbocycles. The maximum atomic E-state index is 12.4. The van der Waals surface area contributed by atoms with E-state index in [1.807, 2.05) is 43.3 Å². The van der Waals surface area contributed by atoms with Crippen LogP contribution >= 0.6 is 0 Å². The van der Waals surface area contributed by atoms with Gasteiger partial charge in [0, 0.05) is 42.9 Å². The number of hydrogen-bond acceptors (Lipinski definition) is 5. The molecule has 2 N–H and O–H groups in total. The lowest BCUT2D eigenvalue weighted by atomic mass is 10.1. The van der Waals surface area contributed by atoms with Crippen molar-refractivity contribution in [3.63, 3.8) is 0 Å². The van der Waals surface area contributed by atoms with Crippen LogP contribution in [-0.4, -0.2) is 46.6 Å². The molecule has 8 heteroatoms. The van der Waals surface area contributed by atoms with E-state index >= 15 is 0 Å². The van der Waals surface area contributed by atoms with Crippen LogP contribution in [0.2, 0.25) is 0 Å². The molecule has 1 aromatic heterocycles. The van der Waals surface area contributed by atoms with Gasteiger partial charge in [-0.25, -0.2) is 4.79 Å². The van der Waals surface area contributed by atoms with E-state index in [0.29, 0.717) is 30.2 Å². The van der Waals surface area contributed by atoms with E-state index in [4.69, 9.17) is 4.52 Å². The highest BCUT2D eigenvalue weighted by molar-refractivity contribution is 5.94. The standard InChI is InChI=1S/C25H29N5O3/c1-17-7-13-21(14-8-17)27-25(32)30(2)16-15-22-28-24(33-29-22)19-11-9-18(10-12-19)23(31)26-20-5-3-4-6-20/h7-14,20H,3-6,15-16H2,1-2H3,(H,26,31)(H,27,32). The molecule has 33 heavy (non-hydrogen) atoms. The largest absolute Gasteiger partial charge is 0.349 e. The normalized spacial score (nSPS) is 13.6.